The van der Waals surface area contributed by atoms with Gasteiger partial charge in [-0.25, -0.2) is 22.7 Å². The number of nitrogens with two attached hydrogens (primary N) is 1. The van der Waals surface area contributed by atoms with E-state index in [4.69, 9.17) is 5.73 Å². The molecule has 21 heavy (non-hydrogen) atoms. The first kappa shape index (κ1) is 15.9. The number of anilines is 1. The van der Waals surface area contributed by atoms with Crippen LogP contribution in [0.4, 0.5) is 5.82 Å². The van der Waals surface area contributed by atoms with Gasteiger partial charge in [-0.2, -0.15) is 0 Å². The monoisotopic (exact) mass is 370 g/mol. The summed E-state index contributed by atoms with van der Waals surface area (Å²) in [4.78, 5) is 8.51. The molecular formula is C13H15BrN4O2S. The molecule has 0 aliphatic rings. The van der Waals surface area contributed by atoms with E-state index in [9.17, 15) is 8.42 Å². The van der Waals surface area contributed by atoms with Gasteiger partial charge in [0.1, 0.15) is 4.60 Å². The molecule has 0 radical (unpaired) electrons. The summed E-state index contributed by atoms with van der Waals surface area (Å²) >= 11 is 3.22. The van der Waals surface area contributed by atoms with E-state index < -0.39 is 10.0 Å². The van der Waals surface area contributed by atoms with Gasteiger partial charge in [-0.1, -0.05) is 19.1 Å². The van der Waals surface area contributed by atoms with Crippen LogP contribution in [-0.4, -0.2) is 36.3 Å². The first-order chi connectivity index (χ1) is 9.86. The van der Waals surface area contributed by atoms with E-state index in [1.54, 1.807) is 44.4 Å². The fourth-order valence-corrected chi connectivity index (χ4v) is 3.14. The molecule has 0 aliphatic heterocycles. The molecular weight excluding hydrogens is 356 g/mol. The third kappa shape index (κ3) is 3.22. The van der Waals surface area contributed by atoms with E-state index in [1.807, 2.05) is 0 Å². The van der Waals surface area contributed by atoms with Crippen LogP contribution in [0.1, 0.15) is 6.92 Å². The zero-order chi connectivity index (χ0) is 15.6. The van der Waals surface area contributed by atoms with Crippen LogP contribution in [0.15, 0.2) is 40.0 Å². The van der Waals surface area contributed by atoms with Crippen molar-refractivity contribution < 1.29 is 8.42 Å². The summed E-state index contributed by atoms with van der Waals surface area (Å²) in [5, 5.41) is 0. The SMILES string of the molecule is CCN(C)S(=O)(=O)c1ccc(-c2cnc(N)c(Br)n2)cc1. The number of halogens is 1. The number of aromatic nitrogens is 2. The Bertz CT molecular complexity index is 747. The summed E-state index contributed by atoms with van der Waals surface area (Å²) < 4.78 is 26.1. The van der Waals surface area contributed by atoms with Gasteiger partial charge in [0.05, 0.1) is 16.8 Å². The van der Waals surface area contributed by atoms with Gasteiger partial charge in [0.25, 0.3) is 0 Å². The van der Waals surface area contributed by atoms with Crippen molar-refractivity contribution in [1.29, 1.82) is 0 Å². The second kappa shape index (κ2) is 6.08. The van der Waals surface area contributed by atoms with Crippen LogP contribution in [0.3, 0.4) is 0 Å². The summed E-state index contributed by atoms with van der Waals surface area (Å²) in [6.07, 6.45) is 1.54. The van der Waals surface area contributed by atoms with E-state index in [0.717, 1.165) is 5.56 Å². The van der Waals surface area contributed by atoms with Crippen molar-refractivity contribution in [2.45, 2.75) is 11.8 Å². The Labute approximate surface area is 132 Å². The highest BCUT2D eigenvalue weighted by atomic mass is 79.9. The zero-order valence-electron chi connectivity index (χ0n) is 11.6. The molecule has 0 saturated carbocycles. The van der Waals surface area contributed by atoms with Crippen molar-refractivity contribution in [3.8, 4) is 11.3 Å². The van der Waals surface area contributed by atoms with Crippen LogP contribution in [0.25, 0.3) is 11.3 Å². The van der Waals surface area contributed by atoms with Gasteiger partial charge in [-0.3, -0.25) is 0 Å². The number of rotatable bonds is 4. The van der Waals surface area contributed by atoms with Crippen molar-refractivity contribution in [1.82, 2.24) is 14.3 Å². The van der Waals surface area contributed by atoms with Gasteiger partial charge in [0.15, 0.2) is 5.82 Å². The Hall–Kier alpha value is -1.51. The van der Waals surface area contributed by atoms with E-state index in [-0.39, 0.29) is 4.90 Å². The quantitative estimate of drug-likeness (QED) is 0.889. The average Bonchev–Trinajstić information content (AvgIpc) is 2.49. The van der Waals surface area contributed by atoms with Gasteiger partial charge >= 0.3 is 0 Å². The second-order valence-corrected chi connectivity index (χ2v) is 7.17. The average molecular weight is 371 g/mol. The zero-order valence-corrected chi connectivity index (χ0v) is 14.0. The summed E-state index contributed by atoms with van der Waals surface area (Å²) in [5.74, 6) is 0.308. The van der Waals surface area contributed by atoms with E-state index in [0.29, 0.717) is 22.7 Å². The lowest BCUT2D eigenvalue weighted by molar-refractivity contribution is 0.486. The minimum atomic E-state index is -3.43. The molecule has 1 heterocycles. The smallest absolute Gasteiger partial charge is 0.242 e. The van der Waals surface area contributed by atoms with Crippen molar-refractivity contribution in [3.63, 3.8) is 0 Å². The van der Waals surface area contributed by atoms with Gasteiger partial charge in [0.2, 0.25) is 10.0 Å². The summed E-state index contributed by atoms with van der Waals surface area (Å²) in [7, 11) is -1.89. The Morgan fingerprint density at radius 1 is 1.29 bits per heavy atom. The lowest BCUT2D eigenvalue weighted by atomic mass is 10.2. The summed E-state index contributed by atoms with van der Waals surface area (Å²) in [6.45, 7) is 2.20. The van der Waals surface area contributed by atoms with E-state index in [2.05, 4.69) is 25.9 Å². The largest absolute Gasteiger partial charge is 0.381 e. The molecule has 6 nitrogen and oxygen atoms in total. The normalized spacial score (nSPS) is 11.8. The molecule has 0 unspecified atom stereocenters. The number of nitrogen functional groups attached to an aromatic ring is 1. The first-order valence-electron chi connectivity index (χ1n) is 6.21. The van der Waals surface area contributed by atoms with Crippen molar-refractivity contribution in [3.05, 3.63) is 35.1 Å². The Morgan fingerprint density at radius 3 is 2.43 bits per heavy atom. The molecule has 1 aromatic carbocycles. The number of nitrogens with zero attached hydrogens (tertiary/aromatic N) is 3. The summed E-state index contributed by atoms with van der Waals surface area (Å²) in [6, 6.07) is 6.51. The van der Waals surface area contributed by atoms with Crippen molar-refractivity contribution >= 4 is 31.8 Å². The lowest BCUT2D eigenvalue weighted by Crippen LogP contribution is -2.26. The molecule has 0 bridgehead atoms. The number of sulfonamides is 1. The second-order valence-electron chi connectivity index (χ2n) is 4.37. The Balaban J connectivity index is 2.37. The maximum absolute atomic E-state index is 12.2. The molecule has 2 rings (SSSR count). The minimum Gasteiger partial charge on any atom is -0.381 e. The summed E-state index contributed by atoms with van der Waals surface area (Å²) in [5.41, 5.74) is 6.97. The topological polar surface area (TPSA) is 89.2 Å². The molecule has 1 aromatic heterocycles. The van der Waals surface area contributed by atoms with Crippen LogP contribution >= 0.6 is 15.9 Å². The van der Waals surface area contributed by atoms with Crippen molar-refractivity contribution in [2.24, 2.45) is 0 Å². The predicted octanol–water partition coefficient (Wildman–Crippen LogP) is 2.13. The van der Waals surface area contributed by atoms with E-state index >= 15 is 0 Å². The highest BCUT2D eigenvalue weighted by Gasteiger charge is 2.19. The van der Waals surface area contributed by atoms with Crippen LogP contribution in [0.2, 0.25) is 0 Å². The molecule has 0 fully saturated rings. The molecule has 0 spiro atoms. The Morgan fingerprint density at radius 2 is 1.90 bits per heavy atom. The van der Waals surface area contributed by atoms with Crippen LogP contribution in [0.5, 0.6) is 0 Å². The van der Waals surface area contributed by atoms with E-state index in [1.165, 1.54) is 4.31 Å². The fourth-order valence-electron chi connectivity index (χ4n) is 1.66. The van der Waals surface area contributed by atoms with Crippen LogP contribution in [0, 0.1) is 0 Å². The maximum Gasteiger partial charge on any atom is 0.242 e. The highest BCUT2D eigenvalue weighted by Crippen LogP contribution is 2.23. The minimum absolute atomic E-state index is 0.248. The Kier molecular flexibility index (Phi) is 4.60. The third-order valence-corrected chi connectivity index (χ3v) is 5.59. The first-order valence-corrected chi connectivity index (χ1v) is 8.44. The predicted molar refractivity (Wildman–Crippen MR) is 85.1 cm³/mol. The van der Waals surface area contributed by atoms with Gasteiger partial charge in [-0.15, -0.1) is 0 Å². The maximum atomic E-state index is 12.2. The van der Waals surface area contributed by atoms with Gasteiger partial charge in [0, 0.05) is 19.2 Å². The lowest BCUT2D eigenvalue weighted by Gasteiger charge is -2.14. The number of hydrogen-bond donors (Lipinski definition) is 1. The van der Waals surface area contributed by atoms with Crippen LogP contribution in [-0.2, 0) is 10.0 Å². The standard InChI is InChI=1S/C13H15BrN4O2S/c1-3-18(2)21(19,20)10-6-4-9(5-7-10)11-8-16-13(15)12(14)17-11/h4-8H,3H2,1-2H3,(H2,15,16). The van der Waals surface area contributed by atoms with Gasteiger partial charge < -0.3 is 5.73 Å². The highest BCUT2D eigenvalue weighted by molar-refractivity contribution is 9.10. The molecule has 2 aromatic rings. The molecule has 8 heteroatoms. The fraction of sp³-hybridized carbons (Fsp3) is 0.231. The molecule has 0 atom stereocenters. The number of benzene rings is 1. The molecule has 0 aliphatic carbocycles. The molecule has 112 valence electrons. The molecule has 2 N–H and O–H groups in total. The molecule has 0 amide bonds. The third-order valence-electron chi connectivity index (χ3n) is 3.06. The van der Waals surface area contributed by atoms with Crippen molar-refractivity contribution in [2.75, 3.05) is 19.3 Å². The van der Waals surface area contributed by atoms with Gasteiger partial charge in [-0.05, 0) is 28.1 Å². The molecule has 0 saturated heterocycles. The van der Waals surface area contributed by atoms with Crippen LogP contribution < -0.4 is 5.73 Å². The number of hydrogen-bond acceptors (Lipinski definition) is 5.